The second-order valence-corrected chi connectivity index (χ2v) is 3.50. The van der Waals surface area contributed by atoms with Gasteiger partial charge >= 0.3 is 0 Å². The van der Waals surface area contributed by atoms with E-state index in [0.717, 1.165) is 11.8 Å². The van der Waals surface area contributed by atoms with Gasteiger partial charge in [0.2, 0.25) is 0 Å². The summed E-state index contributed by atoms with van der Waals surface area (Å²) in [4.78, 5) is 3.26. The number of hydrogen-bond acceptors (Lipinski definition) is 5. The summed E-state index contributed by atoms with van der Waals surface area (Å²) in [5.41, 5.74) is 0. The molecule has 0 aliphatic rings. The molecule has 0 atom stereocenters. The van der Waals surface area contributed by atoms with Crippen LogP contribution < -0.4 is 0 Å². The van der Waals surface area contributed by atoms with E-state index in [1.165, 1.54) is 13.3 Å². The summed E-state index contributed by atoms with van der Waals surface area (Å²) in [7, 11) is -3.04. The van der Waals surface area contributed by atoms with Crippen LogP contribution in [0.3, 0.4) is 0 Å². The SMILES string of the molecule is CN=C(SC)S(=O)(=O)[O-]. The Hall–Kier alpha value is -0.0700. The zero-order chi connectivity index (χ0) is 7.49. The van der Waals surface area contributed by atoms with Crippen molar-refractivity contribution in [3.63, 3.8) is 0 Å². The monoisotopic (exact) mass is 168 g/mol. The molecule has 6 heteroatoms. The van der Waals surface area contributed by atoms with Crippen LogP contribution in [0.25, 0.3) is 0 Å². The quantitative estimate of drug-likeness (QED) is 0.287. The molecule has 9 heavy (non-hydrogen) atoms. The molecule has 0 saturated carbocycles. The highest BCUT2D eigenvalue weighted by Gasteiger charge is 2.02. The lowest BCUT2D eigenvalue weighted by Crippen LogP contribution is -2.08. The summed E-state index contributed by atoms with van der Waals surface area (Å²) in [6, 6.07) is 0. The maximum atomic E-state index is 10.1. The van der Waals surface area contributed by atoms with E-state index < -0.39 is 10.1 Å². The summed E-state index contributed by atoms with van der Waals surface area (Å²) in [6.45, 7) is 0. The number of rotatable bonds is 0. The van der Waals surface area contributed by atoms with Gasteiger partial charge in [-0.1, -0.05) is 11.8 Å². The third-order valence-electron chi connectivity index (χ3n) is 0.571. The average molecular weight is 168 g/mol. The molecule has 0 aliphatic carbocycles. The third-order valence-corrected chi connectivity index (χ3v) is 2.83. The van der Waals surface area contributed by atoms with E-state index in [1.807, 2.05) is 0 Å². The molecule has 0 saturated heterocycles. The zero-order valence-electron chi connectivity index (χ0n) is 4.99. The fraction of sp³-hybridized carbons (Fsp3) is 0.667. The number of hydrogen-bond donors (Lipinski definition) is 0. The molecule has 0 aromatic heterocycles. The summed E-state index contributed by atoms with van der Waals surface area (Å²) in [5, 5.41) is 0. The maximum Gasteiger partial charge on any atom is 0.170 e. The highest BCUT2D eigenvalue weighted by molar-refractivity contribution is 8.33. The van der Waals surface area contributed by atoms with Crippen LogP contribution in [0.5, 0.6) is 0 Å². The van der Waals surface area contributed by atoms with E-state index in [0.29, 0.717) is 0 Å². The number of nitrogens with zero attached hydrogens (tertiary/aromatic N) is 1. The van der Waals surface area contributed by atoms with Gasteiger partial charge in [-0.3, -0.25) is 4.99 Å². The Morgan fingerprint density at radius 1 is 1.67 bits per heavy atom. The lowest BCUT2D eigenvalue weighted by atomic mass is 11.4. The van der Waals surface area contributed by atoms with Crippen molar-refractivity contribution >= 4 is 26.3 Å². The average Bonchev–Trinajstić information content (AvgIpc) is 1.65. The number of thioether (sulfide) groups is 1. The van der Waals surface area contributed by atoms with Crippen molar-refractivity contribution in [1.29, 1.82) is 0 Å². The first-order valence-electron chi connectivity index (χ1n) is 1.99. The molecule has 54 valence electrons. The molecule has 0 bridgehead atoms. The highest BCUT2D eigenvalue weighted by Crippen LogP contribution is 2.02. The van der Waals surface area contributed by atoms with Crippen LogP contribution in [0.1, 0.15) is 0 Å². The predicted octanol–water partition coefficient (Wildman–Crippen LogP) is -0.120. The van der Waals surface area contributed by atoms with Gasteiger partial charge in [0, 0.05) is 7.05 Å². The van der Waals surface area contributed by atoms with Gasteiger partial charge < -0.3 is 4.55 Å². The van der Waals surface area contributed by atoms with Gasteiger partial charge in [0.05, 0.1) is 0 Å². The van der Waals surface area contributed by atoms with Crippen molar-refractivity contribution in [3.05, 3.63) is 0 Å². The molecule has 0 radical (unpaired) electrons. The molecule has 0 amide bonds. The molecule has 0 aliphatic heterocycles. The van der Waals surface area contributed by atoms with E-state index in [9.17, 15) is 13.0 Å². The molecule has 4 nitrogen and oxygen atoms in total. The van der Waals surface area contributed by atoms with E-state index in [1.54, 1.807) is 0 Å². The largest absolute Gasteiger partial charge is 0.742 e. The van der Waals surface area contributed by atoms with Gasteiger partial charge in [-0.25, -0.2) is 8.42 Å². The Morgan fingerprint density at radius 3 is 2.11 bits per heavy atom. The van der Waals surface area contributed by atoms with Crippen molar-refractivity contribution < 1.29 is 13.0 Å². The topological polar surface area (TPSA) is 69.6 Å². The van der Waals surface area contributed by atoms with Crippen LogP contribution in [-0.4, -0.2) is 30.6 Å². The van der Waals surface area contributed by atoms with Crippen molar-refractivity contribution in [2.75, 3.05) is 13.3 Å². The summed E-state index contributed by atoms with van der Waals surface area (Å²) in [6.07, 6.45) is 1.48. The minimum Gasteiger partial charge on any atom is -0.742 e. The second-order valence-electron chi connectivity index (χ2n) is 1.15. The number of aliphatic imine (C=N–C) groups is 1. The first kappa shape index (κ1) is 8.93. The van der Waals surface area contributed by atoms with E-state index in [-0.39, 0.29) is 4.38 Å². The van der Waals surface area contributed by atoms with Gasteiger partial charge in [-0.05, 0) is 6.26 Å². The van der Waals surface area contributed by atoms with Crippen LogP contribution in [0.15, 0.2) is 4.99 Å². The van der Waals surface area contributed by atoms with Crippen molar-refractivity contribution in [2.45, 2.75) is 0 Å². The summed E-state index contributed by atoms with van der Waals surface area (Å²) < 4.78 is 29.9. The minimum absolute atomic E-state index is 0.373. The Labute approximate surface area is 58.1 Å². The molecule has 0 aromatic carbocycles. The van der Waals surface area contributed by atoms with E-state index in [2.05, 4.69) is 4.99 Å². The Kier molecular flexibility index (Phi) is 3.16. The first-order chi connectivity index (χ1) is 4.02. The van der Waals surface area contributed by atoms with Gasteiger partial charge in [-0.2, -0.15) is 0 Å². The van der Waals surface area contributed by atoms with Gasteiger partial charge in [-0.15, -0.1) is 0 Å². The summed E-state index contributed by atoms with van der Waals surface area (Å²) >= 11 is 0.826. The van der Waals surface area contributed by atoms with Crippen molar-refractivity contribution in [2.24, 2.45) is 4.99 Å². The second kappa shape index (κ2) is 3.19. The van der Waals surface area contributed by atoms with Crippen LogP contribution >= 0.6 is 11.8 Å². The minimum atomic E-state index is -4.30. The fourth-order valence-corrected chi connectivity index (χ4v) is 1.53. The maximum absolute atomic E-state index is 10.1. The Balaban J connectivity index is 4.56. The van der Waals surface area contributed by atoms with Gasteiger partial charge in [0.25, 0.3) is 0 Å². The molecule has 0 heterocycles. The molecule has 0 fully saturated rings. The lowest BCUT2D eigenvalue weighted by Gasteiger charge is -2.04. The van der Waals surface area contributed by atoms with Gasteiger partial charge in [0.1, 0.15) is 10.1 Å². The molecular formula is C3H6NO3S2-. The smallest absolute Gasteiger partial charge is 0.170 e. The lowest BCUT2D eigenvalue weighted by molar-refractivity contribution is 0.478. The molecule has 0 aromatic rings. The van der Waals surface area contributed by atoms with Crippen molar-refractivity contribution in [3.8, 4) is 0 Å². The van der Waals surface area contributed by atoms with Gasteiger partial charge in [0.15, 0.2) is 4.38 Å². The van der Waals surface area contributed by atoms with E-state index in [4.69, 9.17) is 0 Å². The van der Waals surface area contributed by atoms with Crippen LogP contribution in [-0.2, 0) is 10.1 Å². The molecule has 0 rings (SSSR count). The Morgan fingerprint density at radius 2 is 2.11 bits per heavy atom. The Bertz CT molecular complexity index is 205. The third kappa shape index (κ3) is 2.83. The van der Waals surface area contributed by atoms with Crippen LogP contribution in [0.2, 0.25) is 0 Å². The predicted molar refractivity (Wildman–Crippen MR) is 36.6 cm³/mol. The highest BCUT2D eigenvalue weighted by atomic mass is 32.3. The zero-order valence-corrected chi connectivity index (χ0v) is 6.62. The first-order valence-corrected chi connectivity index (χ1v) is 4.62. The van der Waals surface area contributed by atoms with Crippen molar-refractivity contribution in [1.82, 2.24) is 0 Å². The molecule has 0 spiro atoms. The molecule has 0 unspecified atom stereocenters. The summed E-state index contributed by atoms with van der Waals surface area (Å²) in [5.74, 6) is 0. The molecular weight excluding hydrogens is 162 g/mol. The normalized spacial score (nSPS) is 13.9. The van der Waals surface area contributed by atoms with Crippen LogP contribution in [0, 0.1) is 0 Å². The standard InChI is InChI=1S/C3H7NO3S2/c1-4-3(8-2)9(5,6)7/h1-2H3,(H,5,6,7)/p-1. The van der Waals surface area contributed by atoms with Crippen LogP contribution in [0.4, 0.5) is 0 Å². The molecule has 0 N–H and O–H groups in total. The van der Waals surface area contributed by atoms with E-state index >= 15 is 0 Å². The fourth-order valence-electron chi connectivity index (χ4n) is 0.305.